The summed E-state index contributed by atoms with van der Waals surface area (Å²) >= 11 is 1.19. The monoisotopic (exact) mass is 320 g/mol. The summed E-state index contributed by atoms with van der Waals surface area (Å²) < 4.78 is 5.28. The van der Waals surface area contributed by atoms with Crippen molar-refractivity contribution in [3.63, 3.8) is 0 Å². The van der Waals surface area contributed by atoms with Gasteiger partial charge in [-0.2, -0.15) is 0 Å². The third-order valence-corrected chi connectivity index (χ3v) is 5.22. The van der Waals surface area contributed by atoms with Crippen molar-refractivity contribution in [1.29, 1.82) is 0 Å². The van der Waals surface area contributed by atoms with E-state index in [2.05, 4.69) is 17.4 Å². The van der Waals surface area contributed by atoms with E-state index in [4.69, 9.17) is 4.74 Å². The van der Waals surface area contributed by atoms with E-state index in [9.17, 15) is 9.59 Å². The van der Waals surface area contributed by atoms with Gasteiger partial charge in [0, 0.05) is 18.8 Å². The van der Waals surface area contributed by atoms with Crippen LogP contribution in [0.25, 0.3) is 0 Å². The average molecular weight is 320 g/mol. The van der Waals surface area contributed by atoms with Gasteiger partial charge in [-0.15, -0.1) is 0 Å². The number of carbonyl (C=O) groups is 2. The number of piperidine rings is 1. The van der Waals surface area contributed by atoms with Crippen LogP contribution in [0.5, 0.6) is 5.75 Å². The number of ether oxygens (including phenoxy) is 1. The minimum Gasteiger partial charge on any atom is -0.497 e. The molecule has 0 aliphatic carbocycles. The molecule has 1 aromatic rings. The largest absolute Gasteiger partial charge is 0.497 e. The van der Waals surface area contributed by atoms with Crippen molar-refractivity contribution in [1.82, 2.24) is 10.2 Å². The van der Waals surface area contributed by atoms with Crippen molar-refractivity contribution >= 4 is 22.9 Å². The molecule has 3 rings (SSSR count). The first-order valence-corrected chi connectivity index (χ1v) is 8.52. The summed E-state index contributed by atoms with van der Waals surface area (Å²) in [5.41, 5.74) is 1.27. The van der Waals surface area contributed by atoms with Crippen molar-refractivity contribution in [2.75, 3.05) is 26.0 Å². The fourth-order valence-corrected chi connectivity index (χ4v) is 3.84. The maximum absolute atomic E-state index is 12.4. The number of methoxy groups -OCH3 is 1. The number of carbonyl (C=O) groups excluding carboxylic acids is 2. The molecule has 0 spiro atoms. The van der Waals surface area contributed by atoms with Gasteiger partial charge < -0.3 is 15.0 Å². The average Bonchev–Trinajstić information content (AvgIpc) is 3.01. The second kappa shape index (κ2) is 6.60. The topological polar surface area (TPSA) is 58.6 Å². The van der Waals surface area contributed by atoms with Gasteiger partial charge in [0.05, 0.1) is 7.11 Å². The third kappa shape index (κ3) is 3.21. The highest BCUT2D eigenvalue weighted by molar-refractivity contribution is 8.14. The van der Waals surface area contributed by atoms with Crippen molar-refractivity contribution < 1.29 is 14.3 Å². The van der Waals surface area contributed by atoms with Crippen LogP contribution in [0.4, 0.5) is 4.79 Å². The van der Waals surface area contributed by atoms with E-state index in [0.717, 1.165) is 31.7 Å². The Hall–Kier alpha value is -1.69. The van der Waals surface area contributed by atoms with Gasteiger partial charge in [0.15, 0.2) is 0 Å². The molecule has 118 valence electrons. The number of hydrogen-bond donors (Lipinski definition) is 1. The van der Waals surface area contributed by atoms with Gasteiger partial charge >= 0.3 is 0 Å². The minimum atomic E-state index is -0.342. The first-order valence-electron chi connectivity index (χ1n) is 7.53. The number of thioether (sulfide) groups is 1. The molecular formula is C16H20N2O3S. The van der Waals surface area contributed by atoms with Crippen LogP contribution in [-0.2, 0) is 4.79 Å². The summed E-state index contributed by atoms with van der Waals surface area (Å²) in [7, 11) is 1.67. The van der Waals surface area contributed by atoms with Crippen molar-refractivity contribution in [2.45, 2.75) is 24.8 Å². The lowest BCUT2D eigenvalue weighted by atomic mass is 9.89. The summed E-state index contributed by atoms with van der Waals surface area (Å²) in [5, 5.41) is 2.63. The molecule has 0 saturated carbocycles. The lowest BCUT2D eigenvalue weighted by Crippen LogP contribution is -2.48. The Labute approximate surface area is 134 Å². The van der Waals surface area contributed by atoms with Gasteiger partial charge in [0.2, 0.25) is 5.91 Å². The van der Waals surface area contributed by atoms with Crippen LogP contribution in [0.2, 0.25) is 0 Å². The number of likely N-dealkylation sites (tertiary alicyclic amines) is 1. The molecule has 2 aliphatic rings. The molecular weight excluding hydrogens is 300 g/mol. The second-order valence-electron chi connectivity index (χ2n) is 5.67. The Morgan fingerprint density at radius 3 is 2.77 bits per heavy atom. The minimum absolute atomic E-state index is 0.0578. The van der Waals surface area contributed by atoms with E-state index in [0.29, 0.717) is 11.7 Å². The summed E-state index contributed by atoms with van der Waals surface area (Å²) in [6.45, 7) is 1.50. The van der Waals surface area contributed by atoms with E-state index in [1.54, 1.807) is 7.11 Å². The van der Waals surface area contributed by atoms with E-state index >= 15 is 0 Å². The third-order valence-electron chi connectivity index (χ3n) is 4.34. The normalized spacial score (nSPS) is 22.5. The lowest BCUT2D eigenvalue weighted by molar-refractivity contribution is -0.133. The first-order chi connectivity index (χ1) is 10.7. The van der Waals surface area contributed by atoms with Crippen LogP contribution in [-0.4, -0.2) is 48.0 Å². The highest BCUT2D eigenvalue weighted by Crippen LogP contribution is 2.30. The maximum Gasteiger partial charge on any atom is 0.279 e. The zero-order chi connectivity index (χ0) is 15.5. The summed E-state index contributed by atoms with van der Waals surface area (Å²) in [4.78, 5) is 25.5. The fourth-order valence-electron chi connectivity index (χ4n) is 3.07. The Morgan fingerprint density at radius 2 is 2.14 bits per heavy atom. The van der Waals surface area contributed by atoms with Crippen LogP contribution < -0.4 is 10.1 Å². The van der Waals surface area contributed by atoms with Crippen LogP contribution >= 0.6 is 11.8 Å². The molecule has 1 aromatic carbocycles. The fraction of sp³-hybridized carbons (Fsp3) is 0.500. The van der Waals surface area contributed by atoms with Crippen LogP contribution in [0.3, 0.4) is 0 Å². The number of hydrogen-bond acceptors (Lipinski definition) is 4. The summed E-state index contributed by atoms with van der Waals surface area (Å²) in [6, 6.07) is 7.82. The van der Waals surface area contributed by atoms with Gasteiger partial charge in [0.25, 0.3) is 5.24 Å². The first kappa shape index (κ1) is 15.2. The van der Waals surface area contributed by atoms with Gasteiger partial charge in [-0.1, -0.05) is 23.9 Å². The number of benzene rings is 1. The molecule has 5 nitrogen and oxygen atoms in total. The van der Waals surface area contributed by atoms with Gasteiger partial charge in [-0.3, -0.25) is 9.59 Å². The Balaban J connectivity index is 1.58. The number of nitrogens with zero attached hydrogens (tertiary/aromatic N) is 1. The molecule has 6 heteroatoms. The van der Waals surface area contributed by atoms with Crippen LogP contribution in [0.1, 0.15) is 24.3 Å². The van der Waals surface area contributed by atoms with Crippen molar-refractivity contribution in [2.24, 2.45) is 0 Å². The Bertz CT molecular complexity index is 570. The smallest absolute Gasteiger partial charge is 0.279 e. The predicted octanol–water partition coefficient (Wildman–Crippen LogP) is 2.23. The molecule has 0 bridgehead atoms. The quantitative estimate of drug-likeness (QED) is 0.928. The molecule has 2 amide bonds. The molecule has 2 fully saturated rings. The molecule has 2 saturated heterocycles. The zero-order valence-corrected chi connectivity index (χ0v) is 13.4. The molecule has 22 heavy (non-hydrogen) atoms. The zero-order valence-electron chi connectivity index (χ0n) is 12.6. The number of rotatable bonds is 3. The molecule has 2 aliphatic heterocycles. The SMILES string of the molecule is COc1cccc(C2CCN(C(=O)[C@@H]3CSC(=O)N3)CC2)c1. The van der Waals surface area contributed by atoms with Crippen molar-refractivity contribution in [3.8, 4) is 5.75 Å². The van der Waals surface area contributed by atoms with Gasteiger partial charge in [-0.05, 0) is 36.5 Å². The van der Waals surface area contributed by atoms with Crippen LogP contribution in [0.15, 0.2) is 24.3 Å². The summed E-state index contributed by atoms with van der Waals surface area (Å²) in [5.74, 6) is 1.95. The predicted molar refractivity (Wildman–Crippen MR) is 86.3 cm³/mol. The molecule has 0 unspecified atom stereocenters. The van der Waals surface area contributed by atoms with E-state index in [1.807, 2.05) is 17.0 Å². The van der Waals surface area contributed by atoms with Crippen molar-refractivity contribution in [3.05, 3.63) is 29.8 Å². The molecule has 2 heterocycles. The van der Waals surface area contributed by atoms with E-state index in [-0.39, 0.29) is 17.2 Å². The maximum atomic E-state index is 12.4. The Morgan fingerprint density at radius 1 is 1.36 bits per heavy atom. The Kier molecular flexibility index (Phi) is 4.57. The molecule has 1 N–H and O–H groups in total. The lowest BCUT2D eigenvalue weighted by Gasteiger charge is -2.33. The highest BCUT2D eigenvalue weighted by Gasteiger charge is 2.33. The van der Waals surface area contributed by atoms with Gasteiger partial charge in [0.1, 0.15) is 11.8 Å². The number of nitrogens with one attached hydrogen (secondary N) is 1. The van der Waals surface area contributed by atoms with E-state index in [1.165, 1.54) is 17.3 Å². The second-order valence-corrected chi connectivity index (χ2v) is 6.66. The standard InChI is InChI=1S/C16H20N2O3S/c1-21-13-4-2-3-12(9-13)11-5-7-18(8-6-11)15(19)14-10-22-16(20)17-14/h2-4,9,11,14H,5-8,10H2,1H3,(H,17,20)/t14-/m0/s1. The van der Waals surface area contributed by atoms with Gasteiger partial charge in [-0.25, -0.2) is 0 Å². The van der Waals surface area contributed by atoms with E-state index < -0.39 is 0 Å². The molecule has 1 atom stereocenters. The number of amides is 2. The summed E-state index contributed by atoms with van der Waals surface area (Å²) in [6.07, 6.45) is 1.90. The molecule has 0 aromatic heterocycles. The molecule has 0 radical (unpaired) electrons. The van der Waals surface area contributed by atoms with Crippen LogP contribution in [0, 0.1) is 0 Å². The highest BCUT2D eigenvalue weighted by atomic mass is 32.2.